The van der Waals surface area contributed by atoms with Gasteiger partial charge in [-0.25, -0.2) is 0 Å². The summed E-state index contributed by atoms with van der Waals surface area (Å²) in [5.74, 6) is 0. The molecule has 2 fully saturated rings. The predicted molar refractivity (Wildman–Crippen MR) is 58.1 cm³/mol. The monoisotopic (exact) mass is 187 g/mol. The van der Waals surface area contributed by atoms with Crippen LogP contribution < -0.4 is 5.73 Å². The minimum atomic E-state index is 0.145. The van der Waals surface area contributed by atoms with Gasteiger partial charge < -0.3 is 5.73 Å². The van der Waals surface area contributed by atoms with E-state index in [0.717, 1.165) is 0 Å². The van der Waals surface area contributed by atoms with Gasteiger partial charge in [0.1, 0.15) is 0 Å². The molecule has 2 atom stereocenters. The van der Waals surface area contributed by atoms with Gasteiger partial charge in [-0.2, -0.15) is 0 Å². The lowest BCUT2D eigenvalue weighted by Gasteiger charge is -2.28. The van der Waals surface area contributed by atoms with E-state index in [1.807, 2.05) is 0 Å². The number of fused-ring (bicyclic) bond motifs is 1. The van der Waals surface area contributed by atoms with Gasteiger partial charge >= 0.3 is 0 Å². The Balaban J connectivity index is 1.99. The first-order valence-electron chi connectivity index (χ1n) is 5.61. The molecule has 2 N–H and O–H groups in total. The first-order valence-corrected chi connectivity index (χ1v) is 5.61. The van der Waals surface area contributed by atoms with Crippen molar-refractivity contribution < 1.29 is 0 Å². The number of nitrogens with two attached hydrogens (primary N) is 1. The Hall–Kier alpha value is -0.820. The predicted octanol–water partition coefficient (Wildman–Crippen LogP) is 2.60. The van der Waals surface area contributed by atoms with E-state index >= 15 is 0 Å². The van der Waals surface area contributed by atoms with Crippen LogP contribution in [-0.4, -0.2) is 5.54 Å². The fraction of sp³-hybridized carbons (Fsp3) is 0.538. The molecule has 2 aliphatic rings. The Morgan fingerprint density at radius 1 is 1.00 bits per heavy atom. The zero-order valence-corrected chi connectivity index (χ0v) is 8.50. The van der Waals surface area contributed by atoms with Crippen molar-refractivity contribution in [2.75, 3.05) is 0 Å². The summed E-state index contributed by atoms with van der Waals surface area (Å²) in [4.78, 5) is 0. The maximum atomic E-state index is 6.42. The molecule has 0 saturated heterocycles. The summed E-state index contributed by atoms with van der Waals surface area (Å²) in [5.41, 5.74) is 8.39. The smallest absolute Gasteiger partial charge is 0.0262 e. The van der Waals surface area contributed by atoms with Gasteiger partial charge in [-0.05, 0) is 24.8 Å². The zero-order chi connectivity index (χ0) is 9.65. The van der Waals surface area contributed by atoms with Gasteiger partial charge in [0.15, 0.2) is 0 Å². The van der Waals surface area contributed by atoms with Crippen LogP contribution in [0.3, 0.4) is 0 Å². The highest BCUT2D eigenvalue weighted by Crippen LogP contribution is 2.63. The van der Waals surface area contributed by atoms with Crippen molar-refractivity contribution >= 4 is 0 Å². The van der Waals surface area contributed by atoms with Gasteiger partial charge in [0.25, 0.3) is 0 Å². The van der Waals surface area contributed by atoms with Gasteiger partial charge in [0, 0.05) is 11.0 Å². The third-order valence-electron chi connectivity index (χ3n) is 4.25. The molecule has 2 saturated carbocycles. The highest BCUT2D eigenvalue weighted by atomic mass is 14.9. The average molecular weight is 187 g/mol. The number of rotatable bonds is 1. The Kier molecular flexibility index (Phi) is 1.58. The van der Waals surface area contributed by atoms with Crippen LogP contribution in [0.25, 0.3) is 0 Å². The van der Waals surface area contributed by atoms with Crippen LogP contribution in [0.1, 0.15) is 37.7 Å². The highest BCUT2D eigenvalue weighted by Gasteiger charge is 2.65. The number of hydrogen-bond donors (Lipinski definition) is 1. The zero-order valence-electron chi connectivity index (χ0n) is 8.50. The Morgan fingerprint density at radius 2 is 1.71 bits per heavy atom. The van der Waals surface area contributed by atoms with E-state index in [-0.39, 0.29) is 5.54 Å². The van der Waals surface area contributed by atoms with E-state index in [1.54, 1.807) is 0 Å². The number of hydrogen-bond acceptors (Lipinski definition) is 1. The molecule has 3 rings (SSSR count). The summed E-state index contributed by atoms with van der Waals surface area (Å²) in [7, 11) is 0. The van der Waals surface area contributed by atoms with E-state index < -0.39 is 0 Å². The molecule has 1 aromatic rings. The Labute approximate surface area is 85.3 Å². The van der Waals surface area contributed by atoms with E-state index in [0.29, 0.717) is 5.41 Å². The second-order valence-corrected chi connectivity index (χ2v) is 4.99. The van der Waals surface area contributed by atoms with Crippen LogP contribution in [0, 0.1) is 0 Å². The lowest BCUT2D eigenvalue weighted by Crippen LogP contribution is -2.35. The van der Waals surface area contributed by atoms with Crippen LogP contribution in [0.4, 0.5) is 0 Å². The summed E-state index contributed by atoms with van der Waals surface area (Å²) >= 11 is 0. The molecule has 2 aliphatic carbocycles. The van der Waals surface area contributed by atoms with Crippen LogP contribution >= 0.6 is 0 Å². The summed E-state index contributed by atoms with van der Waals surface area (Å²) in [6.07, 6.45) is 6.42. The molecule has 0 aliphatic heterocycles. The van der Waals surface area contributed by atoms with E-state index in [1.165, 1.54) is 37.7 Å². The maximum Gasteiger partial charge on any atom is 0.0262 e. The van der Waals surface area contributed by atoms with E-state index in [2.05, 4.69) is 30.3 Å². The minimum absolute atomic E-state index is 0.145. The number of benzene rings is 1. The second-order valence-electron chi connectivity index (χ2n) is 4.99. The first kappa shape index (κ1) is 8.49. The van der Waals surface area contributed by atoms with Gasteiger partial charge in [-0.1, -0.05) is 43.2 Å². The summed E-state index contributed by atoms with van der Waals surface area (Å²) in [6, 6.07) is 10.9. The molecule has 1 nitrogen and oxygen atoms in total. The normalized spacial score (nSPS) is 40.4. The molecular formula is C13H17N. The molecule has 0 heterocycles. The second kappa shape index (κ2) is 2.60. The van der Waals surface area contributed by atoms with E-state index in [4.69, 9.17) is 5.73 Å². The molecule has 0 amide bonds. The fourth-order valence-corrected chi connectivity index (χ4v) is 3.32. The molecule has 0 spiro atoms. The highest BCUT2D eigenvalue weighted by molar-refractivity contribution is 5.42. The SMILES string of the molecule is N[C@]12CCCC[C@]1(c1ccccc1)C2. The van der Waals surface area contributed by atoms with Crippen molar-refractivity contribution in [1.82, 2.24) is 0 Å². The maximum absolute atomic E-state index is 6.42. The van der Waals surface area contributed by atoms with Crippen molar-refractivity contribution in [3.05, 3.63) is 35.9 Å². The molecule has 74 valence electrons. The first-order chi connectivity index (χ1) is 6.77. The summed E-state index contributed by atoms with van der Waals surface area (Å²) in [5, 5.41) is 0. The summed E-state index contributed by atoms with van der Waals surface area (Å²) < 4.78 is 0. The van der Waals surface area contributed by atoms with Crippen molar-refractivity contribution in [3.63, 3.8) is 0 Å². The summed E-state index contributed by atoms with van der Waals surface area (Å²) in [6.45, 7) is 0. The molecule has 0 bridgehead atoms. The van der Waals surface area contributed by atoms with Gasteiger partial charge in [0.2, 0.25) is 0 Å². The van der Waals surface area contributed by atoms with Crippen LogP contribution in [0.15, 0.2) is 30.3 Å². The molecule has 0 aromatic heterocycles. The van der Waals surface area contributed by atoms with Crippen LogP contribution in [0.5, 0.6) is 0 Å². The van der Waals surface area contributed by atoms with Crippen molar-refractivity contribution in [3.8, 4) is 0 Å². The molecule has 14 heavy (non-hydrogen) atoms. The van der Waals surface area contributed by atoms with Crippen molar-refractivity contribution in [2.45, 2.75) is 43.1 Å². The average Bonchev–Trinajstić information content (AvgIpc) is 2.87. The quantitative estimate of drug-likeness (QED) is 0.718. The molecule has 1 aromatic carbocycles. The minimum Gasteiger partial charge on any atom is -0.324 e. The molecule has 1 heteroatoms. The van der Waals surface area contributed by atoms with Gasteiger partial charge in [0.05, 0.1) is 0 Å². The van der Waals surface area contributed by atoms with Crippen molar-refractivity contribution in [1.29, 1.82) is 0 Å². The van der Waals surface area contributed by atoms with Gasteiger partial charge in [-0.3, -0.25) is 0 Å². The fourth-order valence-electron chi connectivity index (χ4n) is 3.32. The molecule has 0 unspecified atom stereocenters. The van der Waals surface area contributed by atoms with Crippen LogP contribution in [0.2, 0.25) is 0 Å². The van der Waals surface area contributed by atoms with Crippen molar-refractivity contribution in [2.24, 2.45) is 5.73 Å². The molecule has 0 radical (unpaired) electrons. The molecular weight excluding hydrogens is 170 g/mol. The van der Waals surface area contributed by atoms with Crippen LogP contribution in [-0.2, 0) is 5.41 Å². The lowest BCUT2D eigenvalue weighted by molar-refractivity contribution is 0.384. The van der Waals surface area contributed by atoms with E-state index in [9.17, 15) is 0 Å². The third-order valence-corrected chi connectivity index (χ3v) is 4.25. The standard InChI is InChI=1S/C13H17N/c14-13-9-5-4-8-12(13,10-13)11-6-2-1-3-7-11/h1-3,6-7H,4-5,8-10,14H2/t12-,13+/m1/s1. The Bertz CT molecular complexity index is 342. The van der Waals surface area contributed by atoms with Gasteiger partial charge in [-0.15, -0.1) is 0 Å². The largest absolute Gasteiger partial charge is 0.324 e. The topological polar surface area (TPSA) is 26.0 Å². The Morgan fingerprint density at radius 3 is 2.43 bits per heavy atom. The lowest BCUT2D eigenvalue weighted by atomic mass is 9.80. The third kappa shape index (κ3) is 0.936.